The Morgan fingerprint density at radius 2 is 1.66 bits per heavy atom. The molecule has 0 aliphatic carbocycles. The molecule has 0 radical (unpaired) electrons. The van der Waals surface area contributed by atoms with Crippen molar-refractivity contribution in [3.8, 4) is 11.1 Å². The van der Waals surface area contributed by atoms with E-state index in [1.54, 1.807) is 6.33 Å². The quantitative estimate of drug-likeness (QED) is 0.308. The molecule has 1 aliphatic rings. The number of morpholine rings is 1. The van der Waals surface area contributed by atoms with E-state index in [1.807, 2.05) is 21.5 Å². The van der Waals surface area contributed by atoms with E-state index in [1.165, 1.54) is 11.1 Å². The van der Waals surface area contributed by atoms with Gasteiger partial charge in [0, 0.05) is 36.8 Å². The van der Waals surface area contributed by atoms with Gasteiger partial charge in [0.25, 0.3) is 0 Å². The largest absolute Gasteiger partial charge is 0.369 e. The molecule has 4 heterocycles. The van der Waals surface area contributed by atoms with Crippen molar-refractivity contribution in [2.45, 2.75) is 19.2 Å². The van der Waals surface area contributed by atoms with E-state index in [0.717, 1.165) is 59.4 Å². The van der Waals surface area contributed by atoms with Crippen LogP contribution in [0.5, 0.6) is 0 Å². The topological polar surface area (TPSA) is 60.5 Å². The SMILES string of the molecule is c1ccc(CN2CCOC(c3cc(-c4ccc5cn(Cc6ccccc6)nc5c4)c4cncnn34)C2)cc1. The number of nitrogens with zero attached hydrogens (tertiary/aromatic N) is 6. The van der Waals surface area contributed by atoms with E-state index in [2.05, 4.69) is 100 Å². The fraction of sp³-hybridized carbons (Fsp3) is 0.194. The molecule has 6 aromatic rings. The molecule has 7 nitrogen and oxygen atoms in total. The molecule has 1 fully saturated rings. The molecule has 0 spiro atoms. The molecule has 38 heavy (non-hydrogen) atoms. The molecule has 188 valence electrons. The summed E-state index contributed by atoms with van der Waals surface area (Å²) in [6, 6.07) is 29.7. The van der Waals surface area contributed by atoms with Gasteiger partial charge in [0.1, 0.15) is 12.4 Å². The summed E-state index contributed by atoms with van der Waals surface area (Å²) in [5.41, 5.74) is 7.71. The Labute approximate surface area is 220 Å². The fourth-order valence-electron chi connectivity index (χ4n) is 5.39. The molecule has 7 rings (SSSR count). The molecule has 1 saturated heterocycles. The second kappa shape index (κ2) is 9.85. The van der Waals surface area contributed by atoms with Crippen LogP contribution in [0.15, 0.2) is 104 Å². The molecular weight excluding hydrogens is 472 g/mol. The highest BCUT2D eigenvalue weighted by Gasteiger charge is 2.26. The summed E-state index contributed by atoms with van der Waals surface area (Å²) >= 11 is 0. The smallest absolute Gasteiger partial charge is 0.136 e. The van der Waals surface area contributed by atoms with Crippen LogP contribution in [0.4, 0.5) is 0 Å². The first kappa shape index (κ1) is 22.8. The van der Waals surface area contributed by atoms with Crippen LogP contribution >= 0.6 is 0 Å². The maximum atomic E-state index is 6.28. The lowest BCUT2D eigenvalue weighted by Gasteiger charge is -2.32. The summed E-state index contributed by atoms with van der Waals surface area (Å²) in [4.78, 5) is 6.79. The Morgan fingerprint density at radius 3 is 2.47 bits per heavy atom. The van der Waals surface area contributed by atoms with E-state index >= 15 is 0 Å². The maximum Gasteiger partial charge on any atom is 0.136 e. The summed E-state index contributed by atoms with van der Waals surface area (Å²) in [6.07, 6.45) is 5.52. The highest BCUT2D eigenvalue weighted by atomic mass is 16.5. The zero-order valence-corrected chi connectivity index (χ0v) is 21.0. The van der Waals surface area contributed by atoms with Gasteiger partial charge < -0.3 is 4.74 Å². The number of ether oxygens (including phenoxy) is 1. The molecule has 0 bridgehead atoms. The molecular formula is C31H28N6O. The predicted octanol–water partition coefficient (Wildman–Crippen LogP) is 5.37. The van der Waals surface area contributed by atoms with Gasteiger partial charge in [-0.15, -0.1) is 0 Å². The summed E-state index contributed by atoms with van der Waals surface area (Å²) in [5, 5.41) is 10.6. The number of benzene rings is 3. The van der Waals surface area contributed by atoms with Gasteiger partial charge in [-0.25, -0.2) is 9.50 Å². The number of rotatable bonds is 6. The highest BCUT2D eigenvalue weighted by molar-refractivity contribution is 5.89. The van der Waals surface area contributed by atoms with Gasteiger partial charge in [0.05, 0.1) is 36.1 Å². The monoisotopic (exact) mass is 500 g/mol. The van der Waals surface area contributed by atoms with Gasteiger partial charge in [-0.1, -0.05) is 72.8 Å². The fourth-order valence-corrected chi connectivity index (χ4v) is 5.39. The van der Waals surface area contributed by atoms with E-state index in [9.17, 15) is 0 Å². The average molecular weight is 501 g/mol. The van der Waals surface area contributed by atoms with Crippen LogP contribution < -0.4 is 0 Å². The molecule has 7 heteroatoms. The molecule has 1 unspecified atom stereocenters. The lowest BCUT2D eigenvalue weighted by atomic mass is 10.0. The Kier molecular flexibility index (Phi) is 5.92. The van der Waals surface area contributed by atoms with Crippen molar-refractivity contribution in [3.05, 3.63) is 120 Å². The molecule has 1 atom stereocenters. The van der Waals surface area contributed by atoms with Crippen LogP contribution in [-0.2, 0) is 17.8 Å². The van der Waals surface area contributed by atoms with Crippen molar-refractivity contribution in [3.63, 3.8) is 0 Å². The first-order chi connectivity index (χ1) is 18.8. The second-order valence-corrected chi connectivity index (χ2v) is 9.86. The van der Waals surface area contributed by atoms with Crippen LogP contribution in [0.3, 0.4) is 0 Å². The number of hydrogen-bond donors (Lipinski definition) is 0. The van der Waals surface area contributed by atoms with Crippen molar-refractivity contribution in [2.24, 2.45) is 0 Å². The zero-order chi connectivity index (χ0) is 25.3. The lowest BCUT2D eigenvalue weighted by molar-refractivity contribution is -0.0357. The minimum Gasteiger partial charge on any atom is -0.369 e. The van der Waals surface area contributed by atoms with Gasteiger partial charge in [-0.2, -0.15) is 10.2 Å². The number of aromatic nitrogens is 5. The van der Waals surface area contributed by atoms with E-state index in [-0.39, 0.29) is 6.10 Å². The summed E-state index contributed by atoms with van der Waals surface area (Å²) < 4.78 is 10.3. The third kappa shape index (κ3) is 4.47. The molecule has 0 N–H and O–H groups in total. The Balaban J connectivity index is 1.20. The van der Waals surface area contributed by atoms with Crippen LogP contribution in [0.2, 0.25) is 0 Å². The third-order valence-corrected chi connectivity index (χ3v) is 7.25. The highest BCUT2D eigenvalue weighted by Crippen LogP contribution is 2.34. The standard InChI is InChI=1S/C31H28N6O/c1-3-7-23(8-4-1)18-35-13-14-38-31(21-35)29-16-27(30-17-32-22-33-37(29)30)25-11-12-26-20-36(34-28(26)15-25)19-24-9-5-2-6-10-24/h1-12,15-17,20,22,31H,13-14,18-19,21H2. The Bertz CT molecular complexity index is 1690. The van der Waals surface area contributed by atoms with Crippen LogP contribution in [0.25, 0.3) is 27.5 Å². The first-order valence-electron chi connectivity index (χ1n) is 13.0. The van der Waals surface area contributed by atoms with Crippen molar-refractivity contribution >= 4 is 16.4 Å². The molecule has 0 amide bonds. The van der Waals surface area contributed by atoms with E-state index in [0.29, 0.717) is 6.61 Å². The van der Waals surface area contributed by atoms with Crippen LogP contribution in [0.1, 0.15) is 22.9 Å². The van der Waals surface area contributed by atoms with Gasteiger partial charge in [0.15, 0.2) is 0 Å². The normalized spacial score (nSPS) is 16.4. The molecule has 0 saturated carbocycles. The van der Waals surface area contributed by atoms with Crippen molar-refractivity contribution in [1.29, 1.82) is 0 Å². The van der Waals surface area contributed by atoms with Gasteiger partial charge in [-0.05, 0) is 28.8 Å². The summed E-state index contributed by atoms with van der Waals surface area (Å²) in [5.74, 6) is 0. The van der Waals surface area contributed by atoms with Gasteiger partial charge >= 0.3 is 0 Å². The first-order valence-corrected chi connectivity index (χ1v) is 13.0. The second-order valence-electron chi connectivity index (χ2n) is 9.86. The van der Waals surface area contributed by atoms with Crippen molar-refractivity contribution in [1.82, 2.24) is 29.3 Å². The van der Waals surface area contributed by atoms with E-state index < -0.39 is 0 Å². The summed E-state index contributed by atoms with van der Waals surface area (Å²) in [6.45, 7) is 4.08. The number of hydrogen-bond acceptors (Lipinski definition) is 5. The Morgan fingerprint density at radius 1 is 0.868 bits per heavy atom. The predicted molar refractivity (Wildman–Crippen MR) is 148 cm³/mol. The van der Waals surface area contributed by atoms with Gasteiger partial charge in [0.2, 0.25) is 0 Å². The molecule has 1 aliphatic heterocycles. The maximum absolute atomic E-state index is 6.28. The van der Waals surface area contributed by atoms with Crippen LogP contribution in [-0.4, -0.2) is 49.0 Å². The van der Waals surface area contributed by atoms with Crippen molar-refractivity contribution in [2.75, 3.05) is 19.7 Å². The van der Waals surface area contributed by atoms with Gasteiger partial charge in [-0.3, -0.25) is 9.58 Å². The molecule has 3 aromatic carbocycles. The van der Waals surface area contributed by atoms with Crippen LogP contribution in [0, 0.1) is 0 Å². The van der Waals surface area contributed by atoms with Crippen molar-refractivity contribution < 1.29 is 4.74 Å². The minimum absolute atomic E-state index is 0.0718. The zero-order valence-electron chi connectivity index (χ0n) is 21.0. The van der Waals surface area contributed by atoms with E-state index in [4.69, 9.17) is 9.84 Å². The average Bonchev–Trinajstić information content (AvgIpc) is 3.55. The summed E-state index contributed by atoms with van der Waals surface area (Å²) in [7, 11) is 0. The Hall–Kier alpha value is -4.33. The molecule has 3 aromatic heterocycles. The minimum atomic E-state index is -0.0718. The third-order valence-electron chi connectivity index (χ3n) is 7.25. The lowest BCUT2D eigenvalue weighted by Crippen LogP contribution is -2.38. The number of fused-ring (bicyclic) bond motifs is 2.